The minimum atomic E-state index is -2.84. The zero-order chi connectivity index (χ0) is 11.4. The molecule has 0 aliphatic heterocycles. The molecule has 0 atom stereocenters. The first-order chi connectivity index (χ1) is 7.08. The highest BCUT2D eigenvalue weighted by molar-refractivity contribution is 5.51. The van der Waals surface area contributed by atoms with Crippen molar-refractivity contribution in [3.8, 4) is 17.2 Å². The zero-order valence-corrected chi connectivity index (χ0v) is 8.71. The normalized spacial score (nSPS) is 10.3. The van der Waals surface area contributed by atoms with Gasteiger partial charge in [0.05, 0.1) is 14.2 Å². The van der Waals surface area contributed by atoms with Crippen LogP contribution in [0.1, 0.15) is 5.56 Å². The van der Waals surface area contributed by atoms with Crippen LogP contribution in [0.2, 0.25) is 0 Å². The molecule has 0 saturated heterocycles. The molecule has 1 rings (SSSR count). The van der Waals surface area contributed by atoms with Crippen molar-refractivity contribution in [1.29, 1.82) is 0 Å². The molecule has 0 bridgehead atoms. The third-order valence-corrected chi connectivity index (χ3v) is 1.86. The molecule has 0 amide bonds. The van der Waals surface area contributed by atoms with Gasteiger partial charge >= 0.3 is 6.61 Å². The summed E-state index contributed by atoms with van der Waals surface area (Å²) in [5.41, 5.74) is 0.674. The van der Waals surface area contributed by atoms with Crippen LogP contribution in [0, 0.1) is 6.92 Å². The number of hydrogen-bond donors (Lipinski definition) is 0. The number of methoxy groups -OCH3 is 2. The number of rotatable bonds is 4. The predicted octanol–water partition coefficient (Wildman–Crippen LogP) is 2.61. The first-order valence-corrected chi connectivity index (χ1v) is 4.26. The van der Waals surface area contributed by atoms with Crippen molar-refractivity contribution in [2.24, 2.45) is 0 Å². The largest absolute Gasteiger partial charge is 0.493 e. The van der Waals surface area contributed by atoms with Gasteiger partial charge in [-0.25, -0.2) is 0 Å². The Bertz CT molecular complexity index is 340. The molecule has 84 valence electrons. The molecule has 0 aromatic heterocycles. The fraction of sp³-hybridized carbons (Fsp3) is 0.400. The van der Waals surface area contributed by atoms with Gasteiger partial charge in [0.2, 0.25) is 0 Å². The van der Waals surface area contributed by atoms with E-state index >= 15 is 0 Å². The summed E-state index contributed by atoms with van der Waals surface area (Å²) in [7, 11) is 2.92. The number of alkyl halides is 2. The first kappa shape index (κ1) is 11.6. The minimum Gasteiger partial charge on any atom is -0.493 e. The van der Waals surface area contributed by atoms with Crippen molar-refractivity contribution in [1.82, 2.24) is 0 Å². The quantitative estimate of drug-likeness (QED) is 0.777. The molecular weight excluding hydrogens is 206 g/mol. The lowest BCUT2D eigenvalue weighted by atomic mass is 10.2. The molecule has 1 aromatic rings. The molecule has 0 radical (unpaired) electrons. The molecule has 0 N–H and O–H groups in total. The third-order valence-electron chi connectivity index (χ3n) is 1.86. The summed E-state index contributed by atoms with van der Waals surface area (Å²) in [6, 6.07) is 2.82. The maximum Gasteiger partial charge on any atom is 0.387 e. The lowest BCUT2D eigenvalue weighted by Crippen LogP contribution is -2.03. The molecule has 0 unspecified atom stereocenters. The van der Waals surface area contributed by atoms with E-state index in [0.717, 1.165) is 0 Å². The molecule has 5 heteroatoms. The summed E-state index contributed by atoms with van der Waals surface area (Å²) in [4.78, 5) is 0. The van der Waals surface area contributed by atoms with Gasteiger partial charge in [0.25, 0.3) is 0 Å². The number of hydrogen-bond acceptors (Lipinski definition) is 3. The second kappa shape index (κ2) is 4.82. The van der Waals surface area contributed by atoms with Gasteiger partial charge in [0, 0.05) is 6.07 Å². The van der Waals surface area contributed by atoms with Crippen LogP contribution < -0.4 is 14.2 Å². The summed E-state index contributed by atoms with van der Waals surface area (Å²) >= 11 is 0. The Morgan fingerprint density at radius 2 is 1.80 bits per heavy atom. The molecule has 3 nitrogen and oxygen atoms in total. The summed E-state index contributed by atoms with van der Waals surface area (Å²) in [6.45, 7) is -1.12. The maximum absolute atomic E-state index is 12.0. The molecule has 0 aliphatic carbocycles. The van der Waals surface area contributed by atoms with Crippen molar-refractivity contribution in [2.45, 2.75) is 13.5 Å². The van der Waals surface area contributed by atoms with Crippen molar-refractivity contribution in [3.05, 3.63) is 17.7 Å². The summed E-state index contributed by atoms with van der Waals surface area (Å²) < 4.78 is 38.3. The molecule has 0 saturated carbocycles. The van der Waals surface area contributed by atoms with Crippen LogP contribution in [-0.2, 0) is 0 Å². The van der Waals surface area contributed by atoms with E-state index in [9.17, 15) is 8.78 Å². The molecule has 0 fully saturated rings. The Morgan fingerprint density at radius 3 is 2.27 bits per heavy atom. The van der Waals surface area contributed by atoms with Crippen LogP contribution in [0.3, 0.4) is 0 Å². The minimum absolute atomic E-state index is 0.0557. The number of halogens is 2. The fourth-order valence-corrected chi connectivity index (χ4v) is 1.29. The second-order valence-corrected chi connectivity index (χ2v) is 2.85. The highest BCUT2D eigenvalue weighted by Gasteiger charge is 2.12. The maximum atomic E-state index is 12.0. The number of ether oxygens (including phenoxy) is 3. The van der Waals surface area contributed by atoms with E-state index in [1.165, 1.54) is 26.4 Å². The van der Waals surface area contributed by atoms with Crippen molar-refractivity contribution in [3.63, 3.8) is 0 Å². The Balaban J connectivity index is 3.08. The van der Waals surface area contributed by atoms with E-state index in [1.54, 1.807) is 6.92 Å². The average Bonchev–Trinajstić information content (AvgIpc) is 2.15. The highest BCUT2D eigenvalue weighted by atomic mass is 19.3. The summed E-state index contributed by atoms with van der Waals surface area (Å²) in [5, 5.41) is 0. The van der Waals surface area contributed by atoms with Gasteiger partial charge in [-0.2, -0.15) is 8.78 Å². The van der Waals surface area contributed by atoms with Gasteiger partial charge in [-0.1, -0.05) is 0 Å². The van der Waals surface area contributed by atoms with E-state index in [4.69, 9.17) is 9.47 Å². The van der Waals surface area contributed by atoms with E-state index in [-0.39, 0.29) is 5.75 Å². The van der Waals surface area contributed by atoms with E-state index in [0.29, 0.717) is 17.1 Å². The van der Waals surface area contributed by atoms with Gasteiger partial charge in [-0.3, -0.25) is 0 Å². The smallest absolute Gasteiger partial charge is 0.387 e. The van der Waals surface area contributed by atoms with Gasteiger partial charge < -0.3 is 14.2 Å². The average molecular weight is 218 g/mol. The van der Waals surface area contributed by atoms with E-state index in [1.807, 2.05) is 0 Å². The number of aryl methyl sites for hydroxylation is 1. The van der Waals surface area contributed by atoms with Gasteiger partial charge in [-0.05, 0) is 18.6 Å². The molecule has 0 heterocycles. The SMILES string of the molecule is COc1cc(OC(F)F)cc(C)c1OC. The third kappa shape index (κ3) is 2.71. The number of benzene rings is 1. The van der Waals surface area contributed by atoms with Gasteiger partial charge in [-0.15, -0.1) is 0 Å². The van der Waals surface area contributed by atoms with Crippen LogP contribution >= 0.6 is 0 Å². The Kier molecular flexibility index (Phi) is 3.71. The van der Waals surface area contributed by atoms with Crippen LogP contribution in [0.25, 0.3) is 0 Å². The van der Waals surface area contributed by atoms with Crippen LogP contribution in [0.5, 0.6) is 17.2 Å². The van der Waals surface area contributed by atoms with Crippen molar-refractivity contribution in [2.75, 3.05) is 14.2 Å². The fourth-order valence-electron chi connectivity index (χ4n) is 1.29. The Hall–Kier alpha value is -1.52. The first-order valence-electron chi connectivity index (χ1n) is 4.26. The molecule has 0 aliphatic rings. The van der Waals surface area contributed by atoms with E-state index < -0.39 is 6.61 Å². The van der Waals surface area contributed by atoms with E-state index in [2.05, 4.69) is 4.74 Å². The van der Waals surface area contributed by atoms with Crippen LogP contribution in [0.4, 0.5) is 8.78 Å². The molecule has 0 spiro atoms. The van der Waals surface area contributed by atoms with Gasteiger partial charge in [0.1, 0.15) is 5.75 Å². The standard InChI is InChI=1S/C10H12F2O3/c1-6-4-7(15-10(11)12)5-8(13-2)9(6)14-3/h4-5,10H,1-3H3. The van der Waals surface area contributed by atoms with Crippen molar-refractivity contribution >= 4 is 0 Å². The lowest BCUT2D eigenvalue weighted by molar-refractivity contribution is -0.0499. The van der Waals surface area contributed by atoms with Crippen LogP contribution in [0.15, 0.2) is 12.1 Å². The van der Waals surface area contributed by atoms with Crippen molar-refractivity contribution < 1.29 is 23.0 Å². The Labute approximate surface area is 86.6 Å². The lowest BCUT2D eigenvalue weighted by Gasteiger charge is -2.12. The molecule has 15 heavy (non-hydrogen) atoms. The van der Waals surface area contributed by atoms with Crippen LogP contribution in [-0.4, -0.2) is 20.8 Å². The predicted molar refractivity (Wildman–Crippen MR) is 50.9 cm³/mol. The Morgan fingerprint density at radius 1 is 1.13 bits per heavy atom. The molecule has 1 aromatic carbocycles. The summed E-state index contributed by atoms with van der Waals surface area (Å²) in [5.74, 6) is 0.937. The van der Waals surface area contributed by atoms with Gasteiger partial charge in [0.15, 0.2) is 11.5 Å². The summed E-state index contributed by atoms with van der Waals surface area (Å²) in [6.07, 6.45) is 0. The highest BCUT2D eigenvalue weighted by Crippen LogP contribution is 2.35. The molecular formula is C10H12F2O3. The monoisotopic (exact) mass is 218 g/mol. The second-order valence-electron chi connectivity index (χ2n) is 2.85. The zero-order valence-electron chi connectivity index (χ0n) is 8.71. The topological polar surface area (TPSA) is 27.7 Å².